The molecule has 0 bridgehead atoms. The van der Waals surface area contributed by atoms with Crippen LogP contribution < -0.4 is 0 Å². The van der Waals surface area contributed by atoms with Crippen molar-refractivity contribution in [3.05, 3.63) is 29.6 Å². The summed E-state index contributed by atoms with van der Waals surface area (Å²) in [4.78, 5) is 18.5. The van der Waals surface area contributed by atoms with E-state index in [1.807, 2.05) is 4.90 Å². The Kier molecular flexibility index (Phi) is 5.77. The maximum atomic E-state index is 12.6. The van der Waals surface area contributed by atoms with Gasteiger partial charge < -0.3 is 10.0 Å². The highest BCUT2D eigenvalue weighted by molar-refractivity contribution is 5.96. The van der Waals surface area contributed by atoms with Crippen LogP contribution in [-0.4, -0.2) is 40.6 Å². The first-order valence-electron chi connectivity index (χ1n) is 7.59. The number of likely N-dealkylation sites (tertiary alicyclic amines) is 1. The van der Waals surface area contributed by atoms with Gasteiger partial charge in [-0.05, 0) is 24.8 Å². The molecule has 0 spiro atoms. The zero-order valence-corrected chi connectivity index (χ0v) is 12.5. The summed E-state index contributed by atoms with van der Waals surface area (Å²) in [6.07, 6.45) is 7.83. The number of aliphatic hydroxyl groups excluding tert-OH is 1. The van der Waals surface area contributed by atoms with Gasteiger partial charge in [-0.15, -0.1) is 0 Å². The molecule has 21 heavy (non-hydrogen) atoms. The standard InChI is InChI=1S/C17H22N2O2/c1-2-4-14-7-10-19(11-8-14)17(21)16-6-9-18-13-15(16)5-3-12-20/h6,9,13-14,20H,2,4,7-8,10-12H2,1H3. The lowest BCUT2D eigenvalue weighted by molar-refractivity contribution is 0.0686. The fourth-order valence-electron chi connectivity index (χ4n) is 2.82. The lowest BCUT2D eigenvalue weighted by Gasteiger charge is -2.32. The van der Waals surface area contributed by atoms with Crippen LogP contribution in [0.5, 0.6) is 0 Å². The Balaban J connectivity index is 2.07. The van der Waals surface area contributed by atoms with E-state index in [1.54, 1.807) is 18.5 Å². The van der Waals surface area contributed by atoms with Crippen LogP contribution in [0.15, 0.2) is 18.5 Å². The zero-order chi connectivity index (χ0) is 15.1. The van der Waals surface area contributed by atoms with Crippen molar-refractivity contribution in [1.29, 1.82) is 0 Å². The third-order valence-electron chi connectivity index (χ3n) is 3.95. The molecule has 1 aromatic heterocycles. The molecule has 0 radical (unpaired) electrons. The molecule has 0 aliphatic carbocycles. The molecule has 4 heteroatoms. The van der Waals surface area contributed by atoms with Gasteiger partial charge in [-0.1, -0.05) is 31.6 Å². The minimum atomic E-state index is -0.217. The Labute approximate surface area is 126 Å². The molecule has 1 aliphatic heterocycles. The van der Waals surface area contributed by atoms with Crippen molar-refractivity contribution < 1.29 is 9.90 Å². The van der Waals surface area contributed by atoms with Gasteiger partial charge in [-0.25, -0.2) is 0 Å². The molecule has 1 fully saturated rings. The number of aromatic nitrogens is 1. The van der Waals surface area contributed by atoms with Crippen LogP contribution in [0, 0.1) is 17.8 Å². The second-order valence-electron chi connectivity index (χ2n) is 5.41. The lowest BCUT2D eigenvalue weighted by Crippen LogP contribution is -2.38. The number of hydrogen-bond acceptors (Lipinski definition) is 3. The van der Waals surface area contributed by atoms with Crippen LogP contribution in [0.25, 0.3) is 0 Å². The number of carbonyl (C=O) groups is 1. The number of pyridine rings is 1. The second kappa shape index (κ2) is 7.80. The Bertz CT molecular complexity index is 537. The van der Waals surface area contributed by atoms with Gasteiger partial charge in [-0.2, -0.15) is 0 Å². The van der Waals surface area contributed by atoms with Crippen molar-refractivity contribution in [2.24, 2.45) is 5.92 Å². The fraction of sp³-hybridized carbons (Fsp3) is 0.529. The van der Waals surface area contributed by atoms with Crippen LogP contribution in [0.4, 0.5) is 0 Å². The van der Waals surface area contributed by atoms with Gasteiger partial charge in [0.25, 0.3) is 5.91 Å². The zero-order valence-electron chi connectivity index (χ0n) is 12.5. The third-order valence-corrected chi connectivity index (χ3v) is 3.95. The largest absolute Gasteiger partial charge is 0.384 e. The Morgan fingerprint density at radius 3 is 2.90 bits per heavy atom. The maximum absolute atomic E-state index is 12.6. The Morgan fingerprint density at radius 1 is 1.48 bits per heavy atom. The summed E-state index contributed by atoms with van der Waals surface area (Å²) >= 11 is 0. The third kappa shape index (κ3) is 4.05. The van der Waals surface area contributed by atoms with E-state index >= 15 is 0 Å². The van der Waals surface area contributed by atoms with Crippen molar-refractivity contribution >= 4 is 5.91 Å². The van der Waals surface area contributed by atoms with Gasteiger partial charge in [0.15, 0.2) is 0 Å². The molecular formula is C17H22N2O2. The first kappa shape index (κ1) is 15.5. The van der Waals surface area contributed by atoms with Crippen molar-refractivity contribution in [2.45, 2.75) is 32.6 Å². The first-order valence-corrected chi connectivity index (χ1v) is 7.59. The van der Waals surface area contributed by atoms with E-state index in [0.717, 1.165) is 31.8 Å². The topological polar surface area (TPSA) is 53.4 Å². The van der Waals surface area contributed by atoms with E-state index in [9.17, 15) is 4.79 Å². The fourth-order valence-corrected chi connectivity index (χ4v) is 2.82. The number of nitrogens with zero attached hydrogens (tertiary/aromatic N) is 2. The number of amides is 1. The Hall–Kier alpha value is -1.86. The van der Waals surface area contributed by atoms with Crippen LogP contribution >= 0.6 is 0 Å². The van der Waals surface area contributed by atoms with Gasteiger partial charge in [0.05, 0.1) is 11.1 Å². The number of carbonyl (C=O) groups excluding carboxylic acids is 1. The predicted octanol–water partition coefficient (Wildman–Crippen LogP) is 2.08. The SMILES string of the molecule is CCCC1CCN(C(=O)c2ccncc2C#CCO)CC1. The predicted molar refractivity (Wildman–Crippen MR) is 81.7 cm³/mol. The lowest BCUT2D eigenvalue weighted by atomic mass is 9.92. The van der Waals surface area contributed by atoms with E-state index in [1.165, 1.54) is 12.8 Å². The maximum Gasteiger partial charge on any atom is 0.255 e. The van der Waals surface area contributed by atoms with E-state index < -0.39 is 0 Å². The molecule has 0 atom stereocenters. The Morgan fingerprint density at radius 2 is 2.24 bits per heavy atom. The molecule has 1 N–H and O–H groups in total. The van der Waals surface area contributed by atoms with Crippen LogP contribution in [-0.2, 0) is 0 Å². The molecular weight excluding hydrogens is 264 g/mol. The van der Waals surface area contributed by atoms with Crippen molar-refractivity contribution in [2.75, 3.05) is 19.7 Å². The van der Waals surface area contributed by atoms with Crippen LogP contribution in [0.2, 0.25) is 0 Å². The number of aliphatic hydroxyl groups is 1. The van der Waals surface area contributed by atoms with E-state index in [0.29, 0.717) is 11.1 Å². The molecule has 1 saturated heterocycles. The summed E-state index contributed by atoms with van der Waals surface area (Å²) < 4.78 is 0. The summed E-state index contributed by atoms with van der Waals surface area (Å²) in [5, 5.41) is 8.80. The minimum Gasteiger partial charge on any atom is -0.384 e. The summed E-state index contributed by atoms with van der Waals surface area (Å²) in [6.45, 7) is 3.63. The van der Waals surface area contributed by atoms with Gasteiger partial charge in [0, 0.05) is 25.5 Å². The minimum absolute atomic E-state index is 0.0228. The van der Waals surface area contributed by atoms with Crippen LogP contribution in [0.3, 0.4) is 0 Å². The molecule has 1 aliphatic rings. The van der Waals surface area contributed by atoms with Crippen molar-refractivity contribution in [3.63, 3.8) is 0 Å². The highest BCUT2D eigenvalue weighted by Crippen LogP contribution is 2.23. The highest BCUT2D eigenvalue weighted by Gasteiger charge is 2.24. The molecule has 2 heterocycles. The second-order valence-corrected chi connectivity index (χ2v) is 5.41. The summed E-state index contributed by atoms with van der Waals surface area (Å²) in [5.74, 6) is 6.16. The molecule has 0 saturated carbocycles. The quantitative estimate of drug-likeness (QED) is 0.866. The average molecular weight is 286 g/mol. The molecule has 0 unspecified atom stereocenters. The number of piperidine rings is 1. The first-order chi connectivity index (χ1) is 10.3. The van der Waals surface area contributed by atoms with Gasteiger partial charge in [0.1, 0.15) is 6.61 Å². The monoisotopic (exact) mass is 286 g/mol. The molecule has 1 aromatic rings. The van der Waals surface area contributed by atoms with Crippen molar-refractivity contribution in [3.8, 4) is 11.8 Å². The molecule has 0 aromatic carbocycles. The smallest absolute Gasteiger partial charge is 0.255 e. The molecule has 1 amide bonds. The van der Waals surface area contributed by atoms with Crippen LogP contribution in [0.1, 0.15) is 48.5 Å². The average Bonchev–Trinajstić information content (AvgIpc) is 2.53. The molecule has 112 valence electrons. The van der Waals surface area contributed by atoms with E-state index in [-0.39, 0.29) is 12.5 Å². The van der Waals surface area contributed by atoms with E-state index in [2.05, 4.69) is 23.7 Å². The number of hydrogen-bond donors (Lipinski definition) is 1. The summed E-state index contributed by atoms with van der Waals surface area (Å²) in [7, 11) is 0. The highest BCUT2D eigenvalue weighted by atomic mass is 16.2. The van der Waals surface area contributed by atoms with Gasteiger partial charge in [0.2, 0.25) is 0 Å². The molecule has 4 nitrogen and oxygen atoms in total. The van der Waals surface area contributed by atoms with Crippen molar-refractivity contribution in [1.82, 2.24) is 9.88 Å². The molecule has 2 rings (SSSR count). The number of rotatable bonds is 3. The summed E-state index contributed by atoms with van der Waals surface area (Å²) in [5.41, 5.74) is 1.17. The normalized spacial score (nSPS) is 15.4. The van der Waals surface area contributed by atoms with E-state index in [4.69, 9.17) is 5.11 Å². The van der Waals surface area contributed by atoms with Gasteiger partial charge >= 0.3 is 0 Å². The summed E-state index contributed by atoms with van der Waals surface area (Å²) in [6, 6.07) is 1.71. The van der Waals surface area contributed by atoms with Gasteiger partial charge in [-0.3, -0.25) is 9.78 Å².